The predicted molar refractivity (Wildman–Crippen MR) is 69.9 cm³/mol. The van der Waals surface area contributed by atoms with Crippen molar-refractivity contribution in [2.45, 2.75) is 13.3 Å². The van der Waals surface area contributed by atoms with Gasteiger partial charge in [-0.15, -0.1) is 14.8 Å². The van der Waals surface area contributed by atoms with Crippen LogP contribution in [0.15, 0.2) is 36.4 Å². The summed E-state index contributed by atoms with van der Waals surface area (Å²) in [6.45, 7) is 1.73. The number of carbonyl (C=O) groups excluding carboxylic acids is 1. The fraction of sp³-hybridized carbons (Fsp3) is 0.154. The normalized spacial score (nSPS) is 10.7. The fourth-order valence-electron chi connectivity index (χ4n) is 1.75. The molecule has 20 heavy (non-hydrogen) atoms. The number of carbonyl (C=O) groups is 1. The lowest BCUT2D eigenvalue weighted by Crippen LogP contribution is -2.09. The third-order valence-corrected chi connectivity index (χ3v) is 2.72. The van der Waals surface area contributed by atoms with Crippen molar-refractivity contribution in [3.63, 3.8) is 0 Å². The molecule has 0 aliphatic rings. The lowest BCUT2D eigenvalue weighted by molar-refractivity contribution is -0.133. The maximum absolute atomic E-state index is 11.5. The molecular formula is C13H11N5O2. The van der Waals surface area contributed by atoms with Gasteiger partial charge in [0.1, 0.15) is 5.69 Å². The molecule has 7 heteroatoms. The minimum absolute atomic E-state index is 0.282. The Morgan fingerprint density at radius 1 is 1.30 bits per heavy atom. The summed E-state index contributed by atoms with van der Waals surface area (Å²) in [5.41, 5.74) is 1.76. The van der Waals surface area contributed by atoms with E-state index >= 15 is 0 Å². The maximum Gasteiger partial charge on any atom is 0.310 e. The average molecular weight is 269 g/mol. The van der Waals surface area contributed by atoms with Crippen LogP contribution >= 0.6 is 0 Å². The van der Waals surface area contributed by atoms with E-state index in [1.165, 1.54) is 4.63 Å². The predicted octanol–water partition coefficient (Wildman–Crippen LogP) is 1.50. The summed E-state index contributed by atoms with van der Waals surface area (Å²) >= 11 is 0. The van der Waals surface area contributed by atoms with Crippen molar-refractivity contribution in [3.05, 3.63) is 36.4 Å². The van der Waals surface area contributed by atoms with Crippen molar-refractivity contribution in [2.24, 2.45) is 0 Å². The van der Waals surface area contributed by atoms with E-state index in [2.05, 4.69) is 20.6 Å². The van der Waals surface area contributed by atoms with Gasteiger partial charge in [-0.1, -0.05) is 37.3 Å². The number of hydrogen-bond acceptors (Lipinski definition) is 6. The molecule has 0 aliphatic carbocycles. The summed E-state index contributed by atoms with van der Waals surface area (Å²) in [5.74, 6) is 0.0196. The number of nitrogens with zero attached hydrogens (tertiary/aromatic N) is 5. The molecule has 7 nitrogen and oxygen atoms in total. The molecule has 0 bridgehead atoms. The quantitative estimate of drug-likeness (QED) is 0.670. The van der Waals surface area contributed by atoms with E-state index in [9.17, 15) is 4.79 Å². The Kier molecular flexibility index (Phi) is 3.08. The summed E-state index contributed by atoms with van der Waals surface area (Å²) in [6.07, 6.45) is 0.282. The van der Waals surface area contributed by atoms with Crippen molar-refractivity contribution in [2.75, 3.05) is 0 Å². The van der Waals surface area contributed by atoms with Crippen LogP contribution in [0.5, 0.6) is 5.75 Å². The van der Waals surface area contributed by atoms with Crippen molar-refractivity contribution >= 4 is 11.6 Å². The summed E-state index contributed by atoms with van der Waals surface area (Å²) in [5, 5.41) is 15.4. The molecule has 0 fully saturated rings. The smallest absolute Gasteiger partial charge is 0.310 e. The van der Waals surface area contributed by atoms with Gasteiger partial charge in [-0.2, -0.15) is 0 Å². The molecule has 1 aromatic carbocycles. The maximum atomic E-state index is 11.5. The van der Waals surface area contributed by atoms with Gasteiger partial charge in [-0.05, 0) is 10.4 Å². The molecule has 0 N–H and O–H groups in total. The van der Waals surface area contributed by atoms with Gasteiger partial charge in [-0.25, -0.2) is 0 Å². The van der Waals surface area contributed by atoms with Crippen LogP contribution < -0.4 is 4.74 Å². The van der Waals surface area contributed by atoms with Gasteiger partial charge in [0.15, 0.2) is 5.75 Å². The minimum atomic E-state index is -0.333. The van der Waals surface area contributed by atoms with E-state index in [-0.39, 0.29) is 12.4 Å². The van der Waals surface area contributed by atoms with Crippen LogP contribution in [-0.4, -0.2) is 31.2 Å². The molecule has 0 atom stereocenters. The van der Waals surface area contributed by atoms with Crippen LogP contribution in [0.4, 0.5) is 0 Å². The van der Waals surface area contributed by atoms with E-state index in [4.69, 9.17) is 4.74 Å². The Morgan fingerprint density at radius 3 is 2.85 bits per heavy atom. The van der Waals surface area contributed by atoms with Gasteiger partial charge < -0.3 is 4.74 Å². The number of benzene rings is 1. The number of tetrazole rings is 1. The topological polar surface area (TPSA) is 82.3 Å². The molecule has 0 unspecified atom stereocenters. The second-order valence-corrected chi connectivity index (χ2v) is 4.08. The van der Waals surface area contributed by atoms with Gasteiger partial charge in [0, 0.05) is 18.1 Å². The van der Waals surface area contributed by atoms with E-state index in [0.717, 1.165) is 5.56 Å². The number of fused-ring (bicyclic) bond motifs is 1. The van der Waals surface area contributed by atoms with Crippen molar-refractivity contribution in [1.29, 1.82) is 0 Å². The molecule has 0 amide bonds. The number of esters is 1. The van der Waals surface area contributed by atoms with E-state index in [0.29, 0.717) is 17.1 Å². The average Bonchev–Trinajstić information content (AvgIpc) is 2.94. The first-order valence-corrected chi connectivity index (χ1v) is 6.13. The number of rotatable bonds is 3. The first kappa shape index (κ1) is 12.2. The Bertz CT molecular complexity index is 754. The Hall–Kier alpha value is -2.83. The van der Waals surface area contributed by atoms with Gasteiger partial charge in [0.25, 0.3) is 0 Å². The molecule has 0 radical (unpaired) electrons. The highest BCUT2D eigenvalue weighted by molar-refractivity contribution is 5.76. The second-order valence-electron chi connectivity index (χ2n) is 4.08. The van der Waals surface area contributed by atoms with E-state index in [1.54, 1.807) is 13.0 Å². The van der Waals surface area contributed by atoms with Gasteiger partial charge in [0.2, 0.25) is 5.65 Å². The third kappa shape index (κ3) is 2.20. The van der Waals surface area contributed by atoms with Gasteiger partial charge in [0.05, 0.1) is 0 Å². The summed E-state index contributed by atoms with van der Waals surface area (Å²) in [7, 11) is 0. The highest BCUT2D eigenvalue weighted by Crippen LogP contribution is 2.28. The first-order chi connectivity index (χ1) is 9.78. The first-order valence-electron chi connectivity index (χ1n) is 6.13. The monoisotopic (exact) mass is 269 g/mol. The van der Waals surface area contributed by atoms with Crippen LogP contribution in [0.1, 0.15) is 13.3 Å². The molecular weight excluding hydrogens is 258 g/mol. The lowest BCUT2D eigenvalue weighted by atomic mass is 10.1. The number of ether oxygens (including phenoxy) is 1. The largest absolute Gasteiger partial charge is 0.424 e. The standard InChI is InChI=1S/C13H11N5O2/c1-2-12(19)20-10-8-11-14-16-17-18(11)15-13(10)9-6-4-3-5-7-9/h3-8H,2H2,1H3. The molecule has 3 aromatic rings. The van der Waals surface area contributed by atoms with Gasteiger partial charge >= 0.3 is 5.97 Å². The molecule has 0 saturated heterocycles. The molecule has 0 saturated carbocycles. The fourth-order valence-corrected chi connectivity index (χ4v) is 1.75. The molecule has 3 rings (SSSR count). The SMILES string of the molecule is CCC(=O)Oc1cc2nnnn2nc1-c1ccccc1. The van der Waals surface area contributed by atoms with Crippen molar-refractivity contribution < 1.29 is 9.53 Å². The van der Waals surface area contributed by atoms with Crippen LogP contribution in [0, 0.1) is 0 Å². The molecule has 2 aromatic heterocycles. The third-order valence-electron chi connectivity index (χ3n) is 2.72. The van der Waals surface area contributed by atoms with Gasteiger partial charge in [-0.3, -0.25) is 4.79 Å². The molecule has 100 valence electrons. The second kappa shape index (κ2) is 5.04. The zero-order valence-corrected chi connectivity index (χ0v) is 10.7. The van der Waals surface area contributed by atoms with Crippen LogP contribution in [0.3, 0.4) is 0 Å². The Morgan fingerprint density at radius 2 is 2.10 bits per heavy atom. The van der Waals surface area contributed by atoms with Crippen LogP contribution in [0.2, 0.25) is 0 Å². The number of hydrogen-bond donors (Lipinski definition) is 0. The Labute approximate surface area is 114 Å². The molecule has 0 spiro atoms. The van der Waals surface area contributed by atoms with E-state index in [1.807, 2.05) is 30.3 Å². The number of aromatic nitrogens is 5. The molecule has 0 aliphatic heterocycles. The van der Waals surface area contributed by atoms with E-state index < -0.39 is 0 Å². The zero-order chi connectivity index (χ0) is 13.9. The van der Waals surface area contributed by atoms with Crippen LogP contribution in [0.25, 0.3) is 16.9 Å². The zero-order valence-electron chi connectivity index (χ0n) is 10.7. The summed E-state index contributed by atoms with van der Waals surface area (Å²) in [6, 6.07) is 11.0. The Balaban J connectivity index is 2.16. The summed E-state index contributed by atoms with van der Waals surface area (Å²) in [4.78, 5) is 11.5. The highest BCUT2D eigenvalue weighted by atomic mass is 16.5. The minimum Gasteiger partial charge on any atom is -0.424 e. The van der Waals surface area contributed by atoms with Crippen molar-refractivity contribution in [1.82, 2.24) is 25.3 Å². The lowest BCUT2D eigenvalue weighted by Gasteiger charge is -2.08. The van der Waals surface area contributed by atoms with Crippen LogP contribution in [-0.2, 0) is 4.79 Å². The molecule has 2 heterocycles. The van der Waals surface area contributed by atoms with Crippen molar-refractivity contribution in [3.8, 4) is 17.0 Å². The highest BCUT2D eigenvalue weighted by Gasteiger charge is 2.14. The summed E-state index contributed by atoms with van der Waals surface area (Å²) < 4.78 is 6.61.